The lowest BCUT2D eigenvalue weighted by Gasteiger charge is -2.24. The lowest BCUT2D eigenvalue weighted by atomic mass is 10.00. The number of hydrogen-bond donors (Lipinski definition) is 1. The molecule has 3 aromatic heterocycles. The van der Waals surface area contributed by atoms with Crippen molar-refractivity contribution in [3.63, 3.8) is 0 Å². The molecule has 0 amide bonds. The van der Waals surface area contributed by atoms with Crippen molar-refractivity contribution >= 4 is 11.0 Å². The number of aromatic nitrogens is 6. The average molecular weight is 428 g/mol. The van der Waals surface area contributed by atoms with Crippen molar-refractivity contribution in [2.45, 2.75) is 45.5 Å². The van der Waals surface area contributed by atoms with Gasteiger partial charge in [-0.25, -0.2) is 4.98 Å². The van der Waals surface area contributed by atoms with Gasteiger partial charge in [-0.05, 0) is 50.1 Å². The van der Waals surface area contributed by atoms with Crippen LogP contribution in [0.4, 0.5) is 13.2 Å². The highest BCUT2D eigenvalue weighted by Gasteiger charge is 2.32. The molecule has 4 aromatic rings. The monoisotopic (exact) mass is 428 g/mol. The SMILES string of the molecule is Cc1cc(C(F)(F)F)cc(O)c1-c1ccc2cn([C@@H]3CCc4nnc(C)n4C3)nc2n1. The van der Waals surface area contributed by atoms with Crippen molar-refractivity contribution in [1.29, 1.82) is 0 Å². The Morgan fingerprint density at radius 1 is 1.13 bits per heavy atom. The molecule has 5 rings (SSSR count). The third-order valence-electron chi connectivity index (χ3n) is 5.77. The normalized spacial score (nSPS) is 16.6. The molecule has 0 spiro atoms. The van der Waals surface area contributed by atoms with Gasteiger partial charge in [-0.15, -0.1) is 10.2 Å². The van der Waals surface area contributed by atoms with E-state index in [9.17, 15) is 18.3 Å². The summed E-state index contributed by atoms with van der Waals surface area (Å²) in [6.45, 7) is 4.16. The Balaban J connectivity index is 1.50. The Labute approximate surface area is 175 Å². The molecule has 0 saturated carbocycles. The second-order valence-electron chi connectivity index (χ2n) is 7.87. The van der Waals surface area contributed by atoms with Gasteiger partial charge in [0, 0.05) is 30.1 Å². The zero-order valence-electron chi connectivity index (χ0n) is 16.8. The van der Waals surface area contributed by atoms with Crippen LogP contribution < -0.4 is 0 Å². The Morgan fingerprint density at radius 2 is 1.94 bits per heavy atom. The quantitative estimate of drug-likeness (QED) is 0.517. The fourth-order valence-corrected chi connectivity index (χ4v) is 4.17. The van der Waals surface area contributed by atoms with Crippen molar-refractivity contribution in [3.05, 3.63) is 53.2 Å². The standard InChI is InChI=1S/C21H19F3N6O/c1-11-7-14(21(22,23)24)8-17(31)19(11)16-5-3-13-9-30(28-20(13)25-16)15-4-6-18-27-26-12(2)29(18)10-15/h3,5,7-9,15,31H,4,6,10H2,1-2H3/t15-/m1/s1. The summed E-state index contributed by atoms with van der Waals surface area (Å²) in [4.78, 5) is 4.52. The van der Waals surface area contributed by atoms with Crippen molar-refractivity contribution < 1.29 is 18.3 Å². The number of rotatable bonds is 2. The summed E-state index contributed by atoms with van der Waals surface area (Å²) in [5.74, 6) is 1.38. The van der Waals surface area contributed by atoms with E-state index in [-0.39, 0.29) is 11.6 Å². The Bertz CT molecular complexity index is 1280. The van der Waals surface area contributed by atoms with Crippen LogP contribution in [0.5, 0.6) is 5.75 Å². The van der Waals surface area contributed by atoms with Gasteiger partial charge in [-0.2, -0.15) is 18.3 Å². The molecule has 0 saturated heterocycles. The van der Waals surface area contributed by atoms with E-state index in [4.69, 9.17) is 0 Å². The first-order valence-electron chi connectivity index (χ1n) is 9.86. The van der Waals surface area contributed by atoms with Crippen LogP contribution in [0.3, 0.4) is 0 Å². The molecule has 0 unspecified atom stereocenters. The number of pyridine rings is 1. The summed E-state index contributed by atoms with van der Waals surface area (Å²) in [6, 6.07) is 5.37. The van der Waals surface area contributed by atoms with Crippen molar-refractivity contribution in [1.82, 2.24) is 29.5 Å². The Kier molecular flexibility index (Phi) is 4.28. The van der Waals surface area contributed by atoms with Gasteiger partial charge in [0.1, 0.15) is 17.4 Å². The minimum atomic E-state index is -4.53. The van der Waals surface area contributed by atoms with E-state index in [1.165, 1.54) is 6.92 Å². The third-order valence-corrected chi connectivity index (χ3v) is 5.77. The fourth-order valence-electron chi connectivity index (χ4n) is 4.17. The summed E-state index contributed by atoms with van der Waals surface area (Å²) < 4.78 is 43.0. The smallest absolute Gasteiger partial charge is 0.416 e. The number of halogens is 3. The fraction of sp³-hybridized carbons (Fsp3) is 0.333. The summed E-state index contributed by atoms with van der Waals surface area (Å²) in [5.41, 5.74) is 0.524. The van der Waals surface area contributed by atoms with Gasteiger partial charge in [-0.3, -0.25) is 4.68 Å². The molecule has 1 aromatic carbocycles. The van der Waals surface area contributed by atoms with E-state index < -0.39 is 17.5 Å². The number of aromatic hydroxyl groups is 1. The zero-order chi connectivity index (χ0) is 21.9. The molecule has 1 aliphatic heterocycles. The van der Waals surface area contributed by atoms with Crippen LogP contribution in [0.1, 0.15) is 35.2 Å². The molecular formula is C21H19F3N6O. The molecule has 4 heterocycles. The topological polar surface area (TPSA) is 81.6 Å². The van der Waals surface area contributed by atoms with Crippen LogP contribution >= 0.6 is 0 Å². The number of aryl methyl sites for hydroxylation is 3. The number of phenolic OH excluding ortho intramolecular Hbond substituents is 1. The first-order valence-corrected chi connectivity index (χ1v) is 9.86. The molecule has 0 bridgehead atoms. The van der Waals surface area contributed by atoms with Crippen molar-refractivity contribution in [3.8, 4) is 17.0 Å². The summed E-state index contributed by atoms with van der Waals surface area (Å²) in [5, 5.41) is 24.0. The average Bonchev–Trinajstić information content (AvgIpc) is 3.30. The van der Waals surface area contributed by atoms with Gasteiger partial charge in [0.15, 0.2) is 5.65 Å². The predicted molar refractivity (Wildman–Crippen MR) is 106 cm³/mol. The van der Waals surface area contributed by atoms with Crippen LogP contribution in [-0.4, -0.2) is 34.6 Å². The first kappa shape index (κ1) is 19.5. The molecular weight excluding hydrogens is 409 g/mol. The summed E-state index contributed by atoms with van der Waals surface area (Å²) in [6.07, 6.45) is -0.933. The van der Waals surface area contributed by atoms with Crippen LogP contribution in [-0.2, 0) is 19.1 Å². The summed E-state index contributed by atoms with van der Waals surface area (Å²) in [7, 11) is 0. The lowest BCUT2D eigenvalue weighted by Crippen LogP contribution is -2.24. The largest absolute Gasteiger partial charge is 0.507 e. The second-order valence-corrected chi connectivity index (χ2v) is 7.87. The minimum absolute atomic E-state index is 0.126. The van der Waals surface area contributed by atoms with E-state index in [2.05, 4.69) is 24.8 Å². The maximum absolute atomic E-state index is 13.0. The molecule has 10 heteroatoms. The number of benzene rings is 1. The molecule has 1 aliphatic rings. The van der Waals surface area contributed by atoms with Crippen molar-refractivity contribution in [2.24, 2.45) is 0 Å². The number of nitrogens with zero attached hydrogens (tertiary/aromatic N) is 6. The number of phenols is 1. The number of hydrogen-bond acceptors (Lipinski definition) is 5. The van der Waals surface area contributed by atoms with Gasteiger partial charge in [0.25, 0.3) is 0 Å². The van der Waals surface area contributed by atoms with Crippen LogP contribution in [0, 0.1) is 13.8 Å². The van der Waals surface area contributed by atoms with Crippen LogP contribution in [0.2, 0.25) is 0 Å². The van der Waals surface area contributed by atoms with E-state index >= 15 is 0 Å². The highest BCUT2D eigenvalue weighted by atomic mass is 19.4. The maximum Gasteiger partial charge on any atom is 0.416 e. The van der Waals surface area contributed by atoms with E-state index in [1.807, 2.05) is 23.9 Å². The third kappa shape index (κ3) is 3.31. The van der Waals surface area contributed by atoms with E-state index in [0.29, 0.717) is 23.4 Å². The second kappa shape index (κ2) is 6.79. The zero-order valence-corrected chi connectivity index (χ0v) is 16.8. The lowest BCUT2D eigenvalue weighted by molar-refractivity contribution is -0.137. The maximum atomic E-state index is 13.0. The van der Waals surface area contributed by atoms with Crippen LogP contribution in [0.15, 0.2) is 30.5 Å². The van der Waals surface area contributed by atoms with E-state index in [1.54, 1.807) is 6.07 Å². The first-order chi connectivity index (χ1) is 14.7. The Hall–Kier alpha value is -3.43. The van der Waals surface area contributed by atoms with Gasteiger partial charge in [0.05, 0.1) is 17.3 Å². The van der Waals surface area contributed by atoms with Gasteiger partial charge in [0.2, 0.25) is 0 Å². The highest BCUT2D eigenvalue weighted by Crippen LogP contribution is 2.39. The van der Waals surface area contributed by atoms with Crippen molar-refractivity contribution in [2.75, 3.05) is 0 Å². The predicted octanol–water partition coefficient (Wildman–Crippen LogP) is 4.22. The van der Waals surface area contributed by atoms with Gasteiger partial charge in [-0.1, -0.05) is 0 Å². The Morgan fingerprint density at radius 3 is 2.68 bits per heavy atom. The van der Waals surface area contributed by atoms with E-state index in [0.717, 1.165) is 42.0 Å². The number of fused-ring (bicyclic) bond motifs is 2. The molecule has 0 radical (unpaired) electrons. The number of alkyl halides is 3. The van der Waals surface area contributed by atoms with Gasteiger partial charge < -0.3 is 9.67 Å². The molecule has 160 valence electrons. The molecule has 0 aliphatic carbocycles. The molecule has 1 N–H and O–H groups in total. The van der Waals surface area contributed by atoms with Gasteiger partial charge >= 0.3 is 6.18 Å². The summed E-state index contributed by atoms with van der Waals surface area (Å²) >= 11 is 0. The highest BCUT2D eigenvalue weighted by molar-refractivity contribution is 5.80. The minimum Gasteiger partial charge on any atom is -0.507 e. The molecule has 0 fully saturated rings. The van der Waals surface area contributed by atoms with Crippen LogP contribution in [0.25, 0.3) is 22.3 Å². The molecule has 7 nitrogen and oxygen atoms in total. The molecule has 1 atom stereocenters. The molecule has 31 heavy (non-hydrogen) atoms.